The summed E-state index contributed by atoms with van der Waals surface area (Å²) in [5.41, 5.74) is 0. The molecule has 0 bridgehead atoms. The molecular formula is C11H24O3Si. The van der Waals surface area contributed by atoms with E-state index in [9.17, 15) is 4.79 Å². The molecule has 4 heteroatoms. The number of rotatable bonds is 9. The van der Waals surface area contributed by atoms with Crippen LogP contribution in [0.15, 0.2) is 0 Å². The Morgan fingerprint density at radius 2 is 1.80 bits per heavy atom. The number of carbonyl (C=O) groups is 1. The molecule has 0 radical (unpaired) electrons. The lowest BCUT2D eigenvalue weighted by Crippen LogP contribution is -2.36. The van der Waals surface area contributed by atoms with E-state index in [-0.39, 0.29) is 0 Å². The fraction of sp³-hybridized carbons (Fsp3) is 0.909. The summed E-state index contributed by atoms with van der Waals surface area (Å²) in [4.78, 5) is 10.4. The lowest BCUT2D eigenvalue weighted by molar-refractivity contribution is -0.137. The molecule has 0 aromatic heterocycles. The van der Waals surface area contributed by atoms with Crippen LogP contribution in [-0.2, 0) is 9.22 Å². The summed E-state index contributed by atoms with van der Waals surface area (Å²) in [5, 5.41) is 8.54. The zero-order chi connectivity index (χ0) is 11.7. The zero-order valence-corrected chi connectivity index (χ0v) is 11.2. The van der Waals surface area contributed by atoms with Crippen LogP contribution in [0, 0.1) is 0 Å². The summed E-state index contributed by atoms with van der Waals surface area (Å²) in [7, 11) is -1.51. The van der Waals surface area contributed by atoms with Crippen LogP contribution in [0.5, 0.6) is 0 Å². The second-order valence-electron chi connectivity index (χ2n) is 3.92. The van der Waals surface area contributed by atoms with Crippen molar-refractivity contribution >= 4 is 14.3 Å². The molecule has 0 aliphatic carbocycles. The van der Waals surface area contributed by atoms with Crippen LogP contribution >= 0.6 is 0 Å². The van der Waals surface area contributed by atoms with Gasteiger partial charge in [-0.15, -0.1) is 0 Å². The van der Waals surface area contributed by atoms with Crippen LogP contribution in [0.4, 0.5) is 0 Å². The summed E-state index contributed by atoms with van der Waals surface area (Å²) in [6.07, 6.45) is 2.08. The number of aliphatic carboxylic acids is 1. The molecule has 0 spiro atoms. The largest absolute Gasteiger partial charge is 0.481 e. The quantitative estimate of drug-likeness (QED) is 0.490. The molecule has 0 aromatic rings. The summed E-state index contributed by atoms with van der Waals surface area (Å²) in [6, 6.07) is 3.40. The van der Waals surface area contributed by atoms with Crippen molar-refractivity contribution < 1.29 is 14.3 Å². The molecule has 0 aromatic carbocycles. The lowest BCUT2D eigenvalue weighted by atomic mass is 10.2. The third-order valence-corrected chi connectivity index (χ3v) is 7.76. The van der Waals surface area contributed by atoms with Gasteiger partial charge in [0.15, 0.2) is 8.32 Å². The van der Waals surface area contributed by atoms with Crippen molar-refractivity contribution in [2.75, 3.05) is 6.61 Å². The van der Waals surface area contributed by atoms with E-state index >= 15 is 0 Å². The highest BCUT2D eigenvalue weighted by molar-refractivity contribution is 6.73. The van der Waals surface area contributed by atoms with Crippen molar-refractivity contribution in [1.82, 2.24) is 0 Å². The van der Waals surface area contributed by atoms with E-state index in [1.165, 1.54) is 0 Å². The molecule has 0 saturated heterocycles. The van der Waals surface area contributed by atoms with Crippen molar-refractivity contribution in [2.24, 2.45) is 0 Å². The number of carboxylic acid groups (broad SMARTS) is 1. The van der Waals surface area contributed by atoms with Crippen LogP contribution in [-0.4, -0.2) is 26.0 Å². The van der Waals surface area contributed by atoms with Gasteiger partial charge in [-0.05, 0) is 31.5 Å². The monoisotopic (exact) mass is 232 g/mol. The topological polar surface area (TPSA) is 46.5 Å². The Labute approximate surface area is 94.0 Å². The molecular weight excluding hydrogens is 208 g/mol. The van der Waals surface area contributed by atoms with Gasteiger partial charge in [-0.25, -0.2) is 0 Å². The fourth-order valence-corrected chi connectivity index (χ4v) is 5.18. The Balaban J connectivity index is 3.89. The first kappa shape index (κ1) is 14.6. The van der Waals surface area contributed by atoms with E-state index in [1.54, 1.807) is 0 Å². The fourth-order valence-electron chi connectivity index (χ4n) is 1.91. The predicted octanol–water partition coefficient (Wildman–Crippen LogP) is 3.26. The molecule has 0 aliphatic heterocycles. The average Bonchev–Trinajstić information content (AvgIpc) is 2.22. The second kappa shape index (κ2) is 7.88. The molecule has 0 amide bonds. The Bertz CT molecular complexity index is 179. The van der Waals surface area contributed by atoms with E-state index in [0.29, 0.717) is 6.42 Å². The van der Waals surface area contributed by atoms with Crippen molar-refractivity contribution in [2.45, 2.75) is 58.2 Å². The first-order valence-corrected chi connectivity index (χ1v) is 8.49. The van der Waals surface area contributed by atoms with Crippen LogP contribution in [0.25, 0.3) is 0 Å². The maximum Gasteiger partial charge on any atom is 0.303 e. The van der Waals surface area contributed by atoms with Gasteiger partial charge in [0.2, 0.25) is 0 Å². The van der Waals surface area contributed by atoms with Crippen LogP contribution in [0.2, 0.25) is 18.1 Å². The number of carboxylic acids is 1. The number of unbranched alkanes of at least 4 members (excludes halogenated alkanes) is 1. The molecule has 0 unspecified atom stereocenters. The zero-order valence-electron chi connectivity index (χ0n) is 10.2. The van der Waals surface area contributed by atoms with Crippen LogP contribution in [0.1, 0.15) is 40.0 Å². The Kier molecular flexibility index (Phi) is 7.69. The van der Waals surface area contributed by atoms with Crippen molar-refractivity contribution in [3.8, 4) is 0 Å². The molecule has 0 rings (SSSR count). The molecule has 0 atom stereocenters. The molecule has 0 aliphatic rings. The van der Waals surface area contributed by atoms with Gasteiger partial charge in [0.1, 0.15) is 0 Å². The molecule has 3 nitrogen and oxygen atoms in total. The third kappa shape index (κ3) is 5.94. The Hall–Kier alpha value is -0.353. The Morgan fingerprint density at radius 1 is 1.20 bits per heavy atom. The van der Waals surface area contributed by atoms with Gasteiger partial charge in [0.25, 0.3) is 0 Å². The second-order valence-corrected chi connectivity index (χ2v) is 8.49. The predicted molar refractivity (Wildman–Crippen MR) is 64.6 cm³/mol. The minimum atomic E-state index is -1.51. The standard InChI is InChI=1S/C11H24O3Si/c1-4-14-15(5-2,6-3)10-8-7-9-11(12)13/h4-10H2,1-3H3,(H,12,13). The highest BCUT2D eigenvalue weighted by atomic mass is 28.4. The van der Waals surface area contributed by atoms with Gasteiger partial charge in [-0.2, -0.15) is 0 Å². The molecule has 1 N–H and O–H groups in total. The summed E-state index contributed by atoms with van der Waals surface area (Å²) < 4.78 is 5.93. The Morgan fingerprint density at radius 3 is 2.20 bits per heavy atom. The van der Waals surface area contributed by atoms with Gasteiger partial charge in [-0.1, -0.05) is 20.3 Å². The number of hydrogen-bond donors (Lipinski definition) is 1. The van der Waals surface area contributed by atoms with E-state index in [4.69, 9.17) is 9.53 Å². The average molecular weight is 232 g/mol. The van der Waals surface area contributed by atoms with E-state index in [1.807, 2.05) is 6.92 Å². The highest BCUT2D eigenvalue weighted by Crippen LogP contribution is 2.24. The van der Waals surface area contributed by atoms with Crippen LogP contribution in [0.3, 0.4) is 0 Å². The van der Waals surface area contributed by atoms with E-state index in [2.05, 4.69) is 13.8 Å². The normalized spacial score (nSPS) is 11.7. The summed E-state index contributed by atoms with van der Waals surface area (Å²) in [5.74, 6) is -0.688. The van der Waals surface area contributed by atoms with Gasteiger partial charge in [0.05, 0.1) is 0 Å². The SMILES string of the molecule is CCO[Si](CC)(CC)CCCCC(=O)O. The molecule has 15 heavy (non-hydrogen) atoms. The van der Waals surface area contributed by atoms with Crippen LogP contribution < -0.4 is 0 Å². The molecule has 0 fully saturated rings. The third-order valence-electron chi connectivity index (χ3n) is 3.01. The maximum absolute atomic E-state index is 10.4. The maximum atomic E-state index is 10.4. The van der Waals surface area contributed by atoms with Gasteiger partial charge < -0.3 is 9.53 Å². The van der Waals surface area contributed by atoms with Gasteiger partial charge in [0, 0.05) is 13.0 Å². The molecule has 90 valence electrons. The van der Waals surface area contributed by atoms with Gasteiger partial charge >= 0.3 is 5.97 Å². The minimum Gasteiger partial charge on any atom is -0.481 e. The van der Waals surface area contributed by atoms with Gasteiger partial charge in [-0.3, -0.25) is 4.79 Å². The first-order valence-electron chi connectivity index (χ1n) is 5.96. The molecule has 0 heterocycles. The smallest absolute Gasteiger partial charge is 0.303 e. The first-order chi connectivity index (χ1) is 7.10. The minimum absolute atomic E-state index is 0.296. The summed E-state index contributed by atoms with van der Waals surface area (Å²) >= 11 is 0. The highest BCUT2D eigenvalue weighted by Gasteiger charge is 2.29. The van der Waals surface area contributed by atoms with Crippen molar-refractivity contribution in [3.63, 3.8) is 0 Å². The van der Waals surface area contributed by atoms with E-state index < -0.39 is 14.3 Å². The summed E-state index contributed by atoms with van der Waals surface area (Å²) in [6.45, 7) is 7.24. The van der Waals surface area contributed by atoms with Crippen molar-refractivity contribution in [3.05, 3.63) is 0 Å². The van der Waals surface area contributed by atoms with Crippen molar-refractivity contribution in [1.29, 1.82) is 0 Å². The van der Waals surface area contributed by atoms with E-state index in [0.717, 1.165) is 37.6 Å². The molecule has 0 saturated carbocycles. The lowest BCUT2D eigenvalue weighted by Gasteiger charge is -2.28. The number of hydrogen-bond acceptors (Lipinski definition) is 2.